The van der Waals surface area contributed by atoms with Crippen molar-refractivity contribution in [1.29, 1.82) is 0 Å². The third-order valence-electron chi connectivity index (χ3n) is 5.46. The maximum Gasteiger partial charge on any atom is 0.266 e. The van der Waals surface area contributed by atoms with Gasteiger partial charge in [-0.05, 0) is 41.3 Å². The highest BCUT2D eigenvalue weighted by molar-refractivity contribution is 7.92. The van der Waals surface area contributed by atoms with E-state index in [4.69, 9.17) is 19.7 Å². The third-order valence-corrected chi connectivity index (χ3v) is 6.82. The molecule has 4 aromatic rings. The summed E-state index contributed by atoms with van der Waals surface area (Å²) < 4.78 is 47.2. The van der Waals surface area contributed by atoms with E-state index in [9.17, 15) is 8.42 Å². The molecule has 0 amide bonds. The molecule has 4 rings (SSSR count). The van der Waals surface area contributed by atoms with Crippen molar-refractivity contribution in [2.24, 2.45) is 5.73 Å². The first-order valence-electron chi connectivity index (χ1n) is 10.6. The zero-order valence-corrected chi connectivity index (χ0v) is 20.2. The summed E-state index contributed by atoms with van der Waals surface area (Å²) in [5.41, 5.74) is 8.65. The van der Waals surface area contributed by atoms with Gasteiger partial charge in [-0.2, -0.15) is 5.10 Å². The number of nitrogens with zero attached hydrogens (tertiary/aromatic N) is 3. The first-order valence-corrected chi connectivity index (χ1v) is 12.1. The van der Waals surface area contributed by atoms with Crippen LogP contribution in [0.15, 0.2) is 52.1 Å². The molecule has 3 N–H and O–H groups in total. The largest absolute Gasteiger partial charge is 0.496 e. The van der Waals surface area contributed by atoms with Crippen molar-refractivity contribution in [2.45, 2.75) is 37.8 Å². The lowest BCUT2D eigenvalue weighted by molar-refractivity contribution is 0.402. The first kappa shape index (κ1) is 23.6. The van der Waals surface area contributed by atoms with Crippen LogP contribution in [-0.2, 0) is 23.1 Å². The lowest BCUT2D eigenvalue weighted by Gasteiger charge is -2.14. The highest BCUT2D eigenvalue weighted by Gasteiger charge is 2.25. The van der Waals surface area contributed by atoms with Crippen molar-refractivity contribution in [3.05, 3.63) is 59.4 Å². The number of nitrogens with one attached hydrogen (secondary N) is 1. The van der Waals surface area contributed by atoms with Gasteiger partial charge in [-0.3, -0.25) is 9.40 Å². The topological polar surface area (TPSA) is 134 Å². The second kappa shape index (κ2) is 9.35. The highest BCUT2D eigenvalue weighted by atomic mass is 32.2. The van der Waals surface area contributed by atoms with E-state index in [1.165, 1.54) is 14.2 Å². The molecule has 0 saturated heterocycles. The smallest absolute Gasteiger partial charge is 0.266 e. The van der Waals surface area contributed by atoms with Crippen LogP contribution in [0.3, 0.4) is 0 Å². The number of sulfonamides is 1. The van der Waals surface area contributed by atoms with Crippen molar-refractivity contribution < 1.29 is 22.4 Å². The molecular weight excluding hydrogens is 458 g/mol. The Labute approximate surface area is 197 Å². The maximum atomic E-state index is 13.3. The molecule has 10 nitrogen and oxygen atoms in total. The molecule has 0 bridgehead atoms. The minimum absolute atomic E-state index is 0.0160. The predicted molar refractivity (Wildman–Crippen MR) is 128 cm³/mol. The van der Waals surface area contributed by atoms with E-state index in [2.05, 4.69) is 15.0 Å². The second-order valence-electron chi connectivity index (χ2n) is 8.12. The molecule has 0 radical (unpaired) electrons. The zero-order chi connectivity index (χ0) is 24.5. The Kier molecular flexibility index (Phi) is 6.49. The minimum Gasteiger partial charge on any atom is -0.496 e. The normalized spacial score (nSPS) is 11.8. The molecule has 0 aliphatic heterocycles. The molecular formula is C23H27N5O5S. The molecule has 11 heteroatoms. The van der Waals surface area contributed by atoms with Gasteiger partial charge in [0, 0.05) is 18.3 Å². The van der Waals surface area contributed by atoms with Gasteiger partial charge in [0.1, 0.15) is 21.8 Å². The number of hydrogen-bond donors (Lipinski definition) is 2. The van der Waals surface area contributed by atoms with Gasteiger partial charge in [-0.15, -0.1) is 0 Å². The number of fused-ring (bicyclic) bond motifs is 1. The number of ether oxygens (including phenoxy) is 2. The molecule has 34 heavy (non-hydrogen) atoms. The number of hydrogen-bond acceptors (Lipinski definition) is 8. The van der Waals surface area contributed by atoms with E-state index in [-0.39, 0.29) is 22.4 Å². The van der Waals surface area contributed by atoms with Crippen LogP contribution in [0.2, 0.25) is 0 Å². The van der Waals surface area contributed by atoms with Gasteiger partial charge in [0.15, 0.2) is 11.4 Å². The van der Waals surface area contributed by atoms with Crippen LogP contribution in [0.25, 0.3) is 11.0 Å². The van der Waals surface area contributed by atoms with Crippen LogP contribution >= 0.6 is 0 Å². The monoisotopic (exact) mass is 485 g/mol. The SMILES string of the molecule is COc1ccc(C(C)C)cc1S(=O)(=O)Nc1noc2cc(Cn3cc(CN)cn3)cc(OC)c12. The molecule has 0 spiro atoms. The molecule has 0 aliphatic carbocycles. The minimum atomic E-state index is -4.04. The van der Waals surface area contributed by atoms with E-state index in [1.807, 2.05) is 26.1 Å². The van der Waals surface area contributed by atoms with Crippen molar-refractivity contribution >= 4 is 26.8 Å². The van der Waals surface area contributed by atoms with Gasteiger partial charge >= 0.3 is 0 Å². The van der Waals surface area contributed by atoms with Crippen LogP contribution in [0.1, 0.15) is 36.5 Å². The zero-order valence-electron chi connectivity index (χ0n) is 19.4. The Morgan fingerprint density at radius 2 is 1.88 bits per heavy atom. The molecule has 0 unspecified atom stereocenters. The van der Waals surface area contributed by atoms with E-state index in [1.54, 1.807) is 35.1 Å². The lowest BCUT2D eigenvalue weighted by atomic mass is 10.0. The Morgan fingerprint density at radius 1 is 1.12 bits per heavy atom. The Morgan fingerprint density at radius 3 is 2.53 bits per heavy atom. The molecule has 2 heterocycles. The predicted octanol–water partition coefficient (Wildman–Crippen LogP) is 3.47. The summed E-state index contributed by atoms with van der Waals surface area (Å²) in [6, 6.07) is 8.65. The molecule has 0 atom stereocenters. The van der Waals surface area contributed by atoms with E-state index in [0.29, 0.717) is 29.8 Å². The fraction of sp³-hybridized carbons (Fsp3) is 0.304. The number of methoxy groups -OCH3 is 2. The summed E-state index contributed by atoms with van der Waals surface area (Å²) in [5.74, 6) is 0.817. The maximum absolute atomic E-state index is 13.3. The summed E-state index contributed by atoms with van der Waals surface area (Å²) in [7, 11) is -1.11. The quantitative estimate of drug-likeness (QED) is 0.368. The summed E-state index contributed by atoms with van der Waals surface area (Å²) in [6.07, 6.45) is 3.56. The van der Waals surface area contributed by atoms with Crippen LogP contribution in [0.4, 0.5) is 5.82 Å². The first-order chi connectivity index (χ1) is 16.2. The number of rotatable bonds is 9. The van der Waals surface area contributed by atoms with Crippen LogP contribution in [-0.4, -0.2) is 37.6 Å². The van der Waals surface area contributed by atoms with Crippen molar-refractivity contribution in [2.75, 3.05) is 18.9 Å². The fourth-order valence-corrected chi connectivity index (χ4v) is 4.85. The van der Waals surface area contributed by atoms with Gasteiger partial charge in [-0.25, -0.2) is 8.42 Å². The molecule has 0 aliphatic rings. The Hall–Kier alpha value is -3.57. The van der Waals surface area contributed by atoms with E-state index < -0.39 is 10.0 Å². The average Bonchev–Trinajstić information content (AvgIpc) is 3.44. The fourth-order valence-electron chi connectivity index (χ4n) is 3.64. The van der Waals surface area contributed by atoms with E-state index in [0.717, 1.165) is 16.7 Å². The Bertz CT molecular complexity index is 1430. The Balaban J connectivity index is 1.71. The molecule has 2 aromatic heterocycles. The van der Waals surface area contributed by atoms with Crippen molar-refractivity contribution in [1.82, 2.24) is 14.9 Å². The van der Waals surface area contributed by atoms with E-state index >= 15 is 0 Å². The van der Waals surface area contributed by atoms with Gasteiger partial charge in [-0.1, -0.05) is 25.1 Å². The standard InChI is InChI=1S/C23H27N5O5S/c1-14(2)17-5-6-18(31-3)21(9-17)34(29,30)27-23-22-19(32-4)7-15(8-20(22)33-26-23)12-28-13-16(10-24)11-25-28/h5-9,11,13-14H,10,12,24H2,1-4H3,(H,26,27). The number of nitrogens with two attached hydrogens (primary N) is 1. The molecule has 180 valence electrons. The average molecular weight is 486 g/mol. The number of aromatic nitrogens is 3. The van der Waals surface area contributed by atoms with Gasteiger partial charge in [0.05, 0.1) is 27.0 Å². The van der Waals surface area contributed by atoms with Crippen LogP contribution in [0.5, 0.6) is 11.5 Å². The van der Waals surface area contributed by atoms with Gasteiger partial charge in [0.25, 0.3) is 10.0 Å². The summed E-state index contributed by atoms with van der Waals surface area (Å²) in [6.45, 7) is 4.82. The highest BCUT2D eigenvalue weighted by Crippen LogP contribution is 2.36. The van der Waals surface area contributed by atoms with Crippen LogP contribution in [0, 0.1) is 0 Å². The molecule has 0 fully saturated rings. The van der Waals surface area contributed by atoms with Gasteiger partial charge in [0.2, 0.25) is 0 Å². The molecule has 0 saturated carbocycles. The number of benzene rings is 2. The van der Waals surface area contributed by atoms with Crippen molar-refractivity contribution in [3.63, 3.8) is 0 Å². The third kappa shape index (κ3) is 4.57. The van der Waals surface area contributed by atoms with Gasteiger partial charge < -0.3 is 19.7 Å². The second-order valence-corrected chi connectivity index (χ2v) is 9.77. The van der Waals surface area contributed by atoms with Crippen LogP contribution < -0.4 is 19.9 Å². The summed E-state index contributed by atoms with van der Waals surface area (Å²) in [5, 5.41) is 8.67. The molecule has 2 aromatic carbocycles. The van der Waals surface area contributed by atoms with Crippen molar-refractivity contribution in [3.8, 4) is 11.5 Å². The number of anilines is 1. The summed E-state index contributed by atoms with van der Waals surface area (Å²) >= 11 is 0. The lowest BCUT2D eigenvalue weighted by Crippen LogP contribution is -2.15. The summed E-state index contributed by atoms with van der Waals surface area (Å²) in [4.78, 5) is 0.0160.